The first kappa shape index (κ1) is 12.5. The van der Waals surface area contributed by atoms with Gasteiger partial charge in [-0.2, -0.15) is 0 Å². The van der Waals surface area contributed by atoms with Gasteiger partial charge in [0.15, 0.2) is 0 Å². The summed E-state index contributed by atoms with van der Waals surface area (Å²) in [5, 5.41) is 26.0. The minimum absolute atomic E-state index is 0.364. The number of rotatable bonds is 3. The Labute approximate surface area is 114 Å². The molecule has 0 atom stereocenters. The predicted octanol–water partition coefficient (Wildman–Crippen LogP) is 0.478. The third-order valence-electron chi connectivity index (χ3n) is 2.79. The van der Waals surface area contributed by atoms with Crippen molar-refractivity contribution in [2.24, 2.45) is 0 Å². The summed E-state index contributed by atoms with van der Waals surface area (Å²) in [6.45, 7) is 0. The number of pyridine rings is 1. The number of nitrogens with zero attached hydrogens (tertiary/aromatic N) is 3. The van der Waals surface area contributed by atoms with E-state index in [-0.39, 0.29) is 0 Å². The zero-order valence-electron chi connectivity index (χ0n) is 10.3. The summed E-state index contributed by atoms with van der Waals surface area (Å²) >= 11 is 0. The Morgan fingerprint density at radius 1 is 0.900 bits per heavy atom. The average molecular weight is 267 g/mol. The Bertz CT molecular complexity index is 698. The number of benzene rings is 1. The number of aromatic nitrogens is 3. The predicted molar refractivity (Wildman–Crippen MR) is 72.8 cm³/mol. The Morgan fingerprint density at radius 3 is 2.20 bits per heavy atom. The molecule has 2 aromatic heterocycles. The maximum atomic E-state index is 9.04. The first-order valence-electron chi connectivity index (χ1n) is 5.94. The quantitative estimate of drug-likeness (QED) is 0.670. The molecule has 7 heteroatoms. The molecule has 0 bridgehead atoms. The van der Waals surface area contributed by atoms with Crippen molar-refractivity contribution >= 4 is 12.6 Å². The molecule has 2 N–H and O–H groups in total. The van der Waals surface area contributed by atoms with Crippen molar-refractivity contribution in [2.75, 3.05) is 0 Å². The van der Waals surface area contributed by atoms with Crippen LogP contribution in [-0.2, 0) is 0 Å². The Kier molecular flexibility index (Phi) is 3.28. The van der Waals surface area contributed by atoms with E-state index in [1.807, 2.05) is 6.07 Å². The molecule has 1 aromatic carbocycles. The molecule has 98 valence electrons. The standard InChI is InChI=1S/C13H10BN3O3/c18-14(19)11-5-3-9(4-6-11)12-16-17-13(20-12)10-2-1-7-15-8-10/h1-8,18-19H. The van der Waals surface area contributed by atoms with Gasteiger partial charge in [0.2, 0.25) is 11.8 Å². The van der Waals surface area contributed by atoms with Gasteiger partial charge in [-0.1, -0.05) is 12.1 Å². The highest BCUT2D eigenvalue weighted by Gasteiger charge is 2.13. The van der Waals surface area contributed by atoms with E-state index >= 15 is 0 Å². The zero-order chi connectivity index (χ0) is 13.9. The van der Waals surface area contributed by atoms with Gasteiger partial charge in [-0.15, -0.1) is 10.2 Å². The van der Waals surface area contributed by atoms with Gasteiger partial charge < -0.3 is 14.5 Å². The lowest BCUT2D eigenvalue weighted by Gasteiger charge is -1.99. The van der Waals surface area contributed by atoms with E-state index < -0.39 is 7.12 Å². The van der Waals surface area contributed by atoms with Gasteiger partial charge in [-0.3, -0.25) is 4.98 Å². The Morgan fingerprint density at radius 2 is 1.60 bits per heavy atom. The van der Waals surface area contributed by atoms with E-state index in [1.54, 1.807) is 42.7 Å². The minimum atomic E-state index is -1.49. The molecule has 0 aliphatic rings. The maximum absolute atomic E-state index is 9.04. The van der Waals surface area contributed by atoms with E-state index in [0.717, 1.165) is 5.56 Å². The van der Waals surface area contributed by atoms with Crippen molar-refractivity contribution in [2.45, 2.75) is 0 Å². The van der Waals surface area contributed by atoms with E-state index in [0.29, 0.717) is 22.8 Å². The van der Waals surface area contributed by atoms with Gasteiger partial charge in [0.1, 0.15) is 0 Å². The van der Waals surface area contributed by atoms with Gasteiger partial charge in [0.05, 0.1) is 5.56 Å². The molecular weight excluding hydrogens is 257 g/mol. The highest BCUT2D eigenvalue weighted by molar-refractivity contribution is 6.58. The van der Waals surface area contributed by atoms with Crippen LogP contribution >= 0.6 is 0 Å². The van der Waals surface area contributed by atoms with Crippen LogP contribution in [0, 0.1) is 0 Å². The first-order valence-corrected chi connectivity index (χ1v) is 5.94. The molecule has 0 aliphatic heterocycles. The molecule has 20 heavy (non-hydrogen) atoms. The number of hydrogen-bond donors (Lipinski definition) is 2. The fourth-order valence-electron chi connectivity index (χ4n) is 1.74. The van der Waals surface area contributed by atoms with E-state index in [1.165, 1.54) is 0 Å². The van der Waals surface area contributed by atoms with Crippen molar-refractivity contribution in [3.8, 4) is 22.9 Å². The molecule has 2 heterocycles. The van der Waals surface area contributed by atoms with Crippen LogP contribution in [0.4, 0.5) is 0 Å². The summed E-state index contributed by atoms with van der Waals surface area (Å²) < 4.78 is 5.57. The van der Waals surface area contributed by atoms with Crippen LogP contribution in [0.5, 0.6) is 0 Å². The monoisotopic (exact) mass is 267 g/mol. The molecule has 0 saturated heterocycles. The lowest BCUT2D eigenvalue weighted by Crippen LogP contribution is -2.29. The molecule has 6 nitrogen and oxygen atoms in total. The van der Waals surface area contributed by atoms with Gasteiger partial charge >= 0.3 is 7.12 Å². The Balaban J connectivity index is 1.90. The summed E-state index contributed by atoms with van der Waals surface area (Å²) in [5.74, 6) is 0.752. The van der Waals surface area contributed by atoms with Gasteiger partial charge in [0.25, 0.3) is 0 Å². The summed E-state index contributed by atoms with van der Waals surface area (Å²) in [6, 6.07) is 10.2. The molecular formula is C13H10BN3O3. The van der Waals surface area contributed by atoms with Crippen LogP contribution < -0.4 is 5.46 Å². The van der Waals surface area contributed by atoms with Gasteiger partial charge in [-0.25, -0.2) is 0 Å². The lowest BCUT2D eigenvalue weighted by molar-refractivity contribution is 0.426. The fourth-order valence-corrected chi connectivity index (χ4v) is 1.74. The van der Waals surface area contributed by atoms with E-state index in [2.05, 4.69) is 15.2 Å². The van der Waals surface area contributed by atoms with Crippen LogP contribution in [0.2, 0.25) is 0 Å². The topological polar surface area (TPSA) is 92.3 Å². The smallest absolute Gasteiger partial charge is 0.423 e. The van der Waals surface area contributed by atoms with Crippen molar-refractivity contribution in [3.63, 3.8) is 0 Å². The zero-order valence-corrected chi connectivity index (χ0v) is 10.3. The van der Waals surface area contributed by atoms with Crippen LogP contribution in [0.1, 0.15) is 0 Å². The lowest BCUT2D eigenvalue weighted by atomic mass is 9.80. The molecule has 0 fully saturated rings. The summed E-state index contributed by atoms with van der Waals surface area (Å²) in [6.07, 6.45) is 3.31. The van der Waals surface area contributed by atoms with Crippen LogP contribution in [0.3, 0.4) is 0 Å². The van der Waals surface area contributed by atoms with E-state index in [9.17, 15) is 0 Å². The highest BCUT2D eigenvalue weighted by Crippen LogP contribution is 2.22. The first-order chi connectivity index (χ1) is 9.74. The third-order valence-corrected chi connectivity index (χ3v) is 2.79. The van der Waals surface area contributed by atoms with Crippen molar-refractivity contribution in [1.82, 2.24) is 15.2 Å². The van der Waals surface area contributed by atoms with Crippen molar-refractivity contribution in [1.29, 1.82) is 0 Å². The normalized spacial score (nSPS) is 10.5. The molecule has 0 unspecified atom stereocenters. The second kappa shape index (κ2) is 5.24. The molecule has 0 amide bonds. The van der Waals surface area contributed by atoms with Crippen LogP contribution in [0.15, 0.2) is 53.2 Å². The molecule has 3 rings (SSSR count). The molecule has 0 saturated carbocycles. The molecule has 3 aromatic rings. The fraction of sp³-hybridized carbons (Fsp3) is 0. The van der Waals surface area contributed by atoms with Crippen molar-refractivity contribution in [3.05, 3.63) is 48.8 Å². The molecule has 0 aliphatic carbocycles. The summed E-state index contributed by atoms with van der Waals surface area (Å²) in [4.78, 5) is 3.99. The van der Waals surface area contributed by atoms with Gasteiger partial charge in [0, 0.05) is 18.0 Å². The second-order valence-corrected chi connectivity index (χ2v) is 4.15. The third kappa shape index (κ3) is 2.44. The Hall–Kier alpha value is -2.51. The average Bonchev–Trinajstić information content (AvgIpc) is 2.98. The highest BCUT2D eigenvalue weighted by atomic mass is 16.4. The largest absolute Gasteiger partial charge is 0.488 e. The summed E-state index contributed by atoms with van der Waals surface area (Å²) in [7, 11) is -1.49. The maximum Gasteiger partial charge on any atom is 0.488 e. The SMILES string of the molecule is OB(O)c1ccc(-c2nnc(-c3cccnc3)o2)cc1. The molecule has 0 radical (unpaired) electrons. The van der Waals surface area contributed by atoms with E-state index in [4.69, 9.17) is 14.5 Å². The van der Waals surface area contributed by atoms with Crippen LogP contribution in [0.25, 0.3) is 22.9 Å². The molecule has 0 spiro atoms. The van der Waals surface area contributed by atoms with Crippen LogP contribution in [-0.4, -0.2) is 32.3 Å². The second-order valence-electron chi connectivity index (χ2n) is 4.15. The number of hydrogen-bond acceptors (Lipinski definition) is 6. The van der Waals surface area contributed by atoms with Crippen molar-refractivity contribution < 1.29 is 14.5 Å². The summed E-state index contributed by atoms with van der Waals surface area (Å²) in [5.41, 5.74) is 1.85. The van der Waals surface area contributed by atoms with Gasteiger partial charge in [-0.05, 0) is 29.7 Å². The minimum Gasteiger partial charge on any atom is -0.423 e.